The van der Waals surface area contributed by atoms with Crippen LogP contribution < -0.4 is 10.1 Å². The highest BCUT2D eigenvalue weighted by Crippen LogP contribution is 2.44. The molecule has 0 amide bonds. The number of carbonyl (C=O) groups is 1. The van der Waals surface area contributed by atoms with Crippen molar-refractivity contribution in [3.05, 3.63) is 41.1 Å². The fourth-order valence-electron chi connectivity index (χ4n) is 6.31. The number of ketones is 1. The number of nitrogens with one attached hydrogen (secondary N) is 1. The highest BCUT2D eigenvalue weighted by atomic mass is 16.5. The van der Waals surface area contributed by atoms with Crippen molar-refractivity contribution in [2.75, 3.05) is 7.11 Å². The molecule has 4 heteroatoms. The molecule has 1 aliphatic heterocycles. The molecule has 4 nitrogen and oxygen atoms in total. The molecule has 0 spiro atoms. The maximum Gasteiger partial charge on any atom is 0.166 e. The Hall–Kier alpha value is -1.81. The zero-order valence-corrected chi connectivity index (χ0v) is 19.5. The average molecular weight is 426 g/mol. The van der Waals surface area contributed by atoms with Crippen molar-refractivity contribution in [2.24, 2.45) is 17.8 Å². The van der Waals surface area contributed by atoms with E-state index in [0.717, 1.165) is 35.8 Å². The van der Waals surface area contributed by atoms with Gasteiger partial charge in [0.25, 0.3) is 0 Å². The van der Waals surface area contributed by atoms with Gasteiger partial charge in [0.1, 0.15) is 5.75 Å². The van der Waals surface area contributed by atoms with Gasteiger partial charge < -0.3 is 15.2 Å². The van der Waals surface area contributed by atoms with Crippen molar-refractivity contribution < 1.29 is 14.6 Å². The number of hydrogen-bond donors (Lipinski definition) is 2. The number of carbonyl (C=O) groups excluding carboxylic acids is 1. The lowest BCUT2D eigenvalue weighted by atomic mass is 9.70. The predicted molar refractivity (Wildman–Crippen MR) is 124 cm³/mol. The van der Waals surface area contributed by atoms with E-state index >= 15 is 0 Å². The standard InChI is InChI=1S/C27H39NO3/c1-4-22-26(29)25-21(16-19-10-13-20(31-3)14-11-19)23(28-24(25)17-27(22,2)30)15-12-18-8-6-5-7-9-18/h10-11,13-14,18,21-23,28,30H,4-9,12,15-17H2,1-3H3. The molecule has 170 valence electrons. The maximum absolute atomic E-state index is 13.5. The number of Topliss-reactive ketones (excluding diaryl/α,β-unsaturated/α-hetero) is 1. The Balaban J connectivity index is 1.57. The van der Waals surface area contributed by atoms with Gasteiger partial charge in [0.05, 0.1) is 18.6 Å². The largest absolute Gasteiger partial charge is 0.497 e. The van der Waals surface area contributed by atoms with Gasteiger partial charge in [-0.2, -0.15) is 0 Å². The van der Waals surface area contributed by atoms with Crippen LogP contribution in [0.15, 0.2) is 35.5 Å². The van der Waals surface area contributed by atoms with Crippen molar-refractivity contribution in [3.63, 3.8) is 0 Å². The molecule has 3 aliphatic rings. The second-order valence-corrected chi connectivity index (χ2v) is 10.2. The quantitative estimate of drug-likeness (QED) is 0.631. The minimum absolute atomic E-state index is 0.167. The Morgan fingerprint density at radius 3 is 2.48 bits per heavy atom. The molecule has 0 saturated heterocycles. The van der Waals surface area contributed by atoms with E-state index in [1.54, 1.807) is 7.11 Å². The van der Waals surface area contributed by atoms with Gasteiger partial charge in [-0.1, -0.05) is 51.2 Å². The summed E-state index contributed by atoms with van der Waals surface area (Å²) in [5.74, 6) is 1.74. The molecule has 31 heavy (non-hydrogen) atoms. The van der Waals surface area contributed by atoms with E-state index in [-0.39, 0.29) is 23.7 Å². The van der Waals surface area contributed by atoms with E-state index in [9.17, 15) is 9.90 Å². The monoisotopic (exact) mass is 425 g/mol. The van der Waals surface area contributed by atoms with Gasteiger partial charge in [0.2, 0.25) is 0 Å². The van der Waals surface area contributed by atoms with Crippen LogP contribution in [0, 0.1) is 17.8 Å². The molecule has 0 aromatic heterocycles. The fourth-order valence-corrected chi connectivity index (χ4v) is 6.31. The second kappa shape index (κ2) is 9.36. The summed E-state index contributed by atoms with van der Waals surface area (Å²) in [6, 6.07) is 8.54. The van der Waals surface area contributed by atoms with Crippen molar-refractivity contribution in [3.8, 4) is 5.75 Å². The van der Waals surface area contributed by atoms with Crippen molar-refractivity contribution >= 4 is 5.78 Å². The zero-order valence-electron chi connectivity index (χ0n) is 19.5. The van der Waals surface area contributed by atoms with Gasteiger partial charge in [-0.15, -0.1) is 0 Å². The van der Waals surface area contributed by atoms with Crippen molar-refractivity contribution in [2.45, 2.75) is 89.7 Å². The van der Waals surface area contributed by atoms with Crippen LogP contribution in [0.3, 0.4) is 0 Å². The third kappa shape index (κ3) is 4.69. The molecular weight excluding hydrogens is 386 g/mol. The summed E-state index contributed by atoms with van der Waals surface area (Å²) in [6.07, 6.45) is 11.3. The predicted octanol–water partition coefficient (Wildman–Crippen LogP) is 5.19. The Bertz CT molecular complexity index is 804. The van der Waals surface area contributed by atoms with E-state index in [1.165, 1.54) is 44.1 Å². The number of benzene rings is 1. The first-order chi connectivity index (χ1) is 14.9. The zero-order chi connectivity index (χ0) is 22.0. The fraction of sp³-hybridized carbons (Fsp3) is 0.667. The summed E-state index contributed by atoms with van der Waals surface area (Å²) < 4.78 is 5.32. The van der Waals surface area contributed by atoms with E-state index in [0.29, 0.717) is 12.8 Å². The van der Waals surface area contributed by atoms with Crippen molar-refractivity contribution in [1.29, 1.82) is 0 Å². The summed E-state index contributed by atoms with van der Waals surface area (Å²) in [4.78, 5) is 13.5. The van der Waals surface area contributed by atoms with E-state index in [2.05, 4.69) is 17.4 Å². The molecule has 4 unspecified atom stereocenters. The first-order valence-electron chi connectivity index (χ1n) is 12.3. The highest BCUT2D eigenvalue weighted by Gasteiger charge is 2.49. The minimum atomic E-state index is -0.958. The van der Waals surface area contributed by atoms with Crippen LogP contribution in [-0.4, -0.2) is 29.6 Å². The second-order valence-electron chi connectivity index (χ2n) is 10.2. The summed E-state index contributed by atoms with van der Waals surface area (Å²) >= 11 is 0. The smallest absolute Gasteiger partial charge is 0.166 e. The molecule has 1 fully saturated rings. The molecule has 1 aromatic carbocycles. The number of aliphatic hydroxyl groups is 1. The minimum Gasteiger partial charge on any atom is -0.497 e. The molecule has 0 radical (unpaired) electrons. The first kappa shape index (κ1) is 22.4. The van der Waals surface area contributed by atoms with Gasteiger partial charge >= 0.3 is 0 Å². The maximum atomic E-state index is 13.5. The Kier molecular flexibility index (Phi) is 6.76. The first-order valence-corrected chi connectivity index (χ1v) is 12.3. The van der Waals surface area contributed by atoms with Crippen molar-refractivity contribution in [1.82, 2.24) is 5.32 Å². The number of rotatable bonds is 7. The number of ether oxygens (including phenoxy) is 1. The van der Waals surface area contributed by atoms with Gasteiger partial charge in [-0.05, 0) is 56.2 Å². The summed E-state index contributed by atoms with van der Waals surface area (Å²) in [5, 5.41) is 14.7. The third-order valence-corrected chi connectivity index (χ3v) is 8.04. The number of hydrogen-bond acceptors (Lipinski definition) is 4. The van der Waals surface area contributed by atoms with E-state index < -0.39 is 5.60 Å². The van der Waals surface area contributed by atoms with Crippen LogP contribution in [0.5, 0.6) is 5.75 Å². The molecule has 1 saturated carbocycles. The summed E-state index contributed by atoms with van der Waals surface area (Å²) in [6.45, 7) is 3.85. The van der Waals surface area contributed by atoms with Gasteiger partial charge in [-0.25, -0.2) is 0 Å². The molecule has 1 heterocycles. The van der Waals surface area contributed by atoms with Crippen LogP contribution in [-0.2, 0) is 11.2 Å². The Morgan fingerprint density at radius 2 is 1.84 bits per heavy atom. The molecule has 4 rings (SSSR count). The molecule has 2 aliphatic carbocycles. The molecule has 0 bridgehead atoms. The van der Waals surface area contributed by atoms with Crippen LogP contribution >= 0.6 is 0 Å². The molecule has 4 atom stereocenters. The van der Waals surface area contributed by atoms with Gasteiger partial charge in [-0.3, -0.25) is 4.79 Å². The highest BCUT2D eigenvalue weighted by molar-refractivity contribution is 6.00. The van der Waals surface area contributed by atoms with Crippen LogP contribution in [0.4, 0.5) is 0 Å². The van der Waals surface area contributed by atoms with E-state index in [4.69, 9.17) is 4.74 Å². The molecule has 2 N–H and O–H groups in total. The average Bonchev–Trinajstić information content (AvgIpc) is 3.09. The Morgan fingerprint density at radius 1 is 1.13 bits per heavy atom. The summed E-state index contributed by atoms with van der Waals surface area (Å²) in [7, 11) is 1.69. The topological polar surface area (TPSA) is 58.6 Å². The van der Waals surface area contributed by atoms with Crippen LogP contribution in [0.1, 0.15) is 77.2 Å². The van der Waals surface area contributed by atoms with Crippen LogP contribution in [0.2, 0.25) is 0 Å². The molecule has 1 aromatic rings. The van der Waals surface area contributed by atoms with Crippen LogP contribution in [0.25, 0.3) is 0 Å². The van der Waals surface area contributed by atoms with E-state index in [1.807, 2.05) is 26.0 Å². The number of methoxy groups -OCH3 is 1. The molecular formula is C27H39NO3. The lowest BCUT2D eigenvalue weighted by Gasteiger charge is -2.36. The lowest BCUT2D eigenvalue weighted by Crippen LogP contribution is -2.45. The lowest BCUT2D eigenvalue weighted by molar-refractivity contribution is -0.129. The SMILES string of the molecule is CCC1C(=O)C2=C(CC1(C)O)NC(CCC1CCCCC1)C2Cc1ccc(OC)cc1. The summed E-state index contributed by atoms with van der Waals surface area (Å²) in [5.41, 5.74) is 2.26. The van der Waals surface area contributed by atoms with Gasteiger partial charge in [0, 0.05) is 29.7 Å². The Labute approximate surface area is 187 Å². The normalized spacial score (nSPS) is 31.5. The van der Waals surface area contributed by atoms with Gasteiger partial charge in [0.15, 0.2) is 5.78 Å². The third-order valence-electron chi connectivity index (χ3n) is 8.04.